The zero-order valence-electron chi connectivity index (χ0n) is 18.7. The molecule has 0 atom stereocenters. The number of hydrogen-bond donors (Lipinski definition) is 3. The van der Waals surface area contributed by atoms with Crippen molar-refractivity contribution in [2.45, 2.75) is 12.8 Å². The van der Waals surface area contributed by atoms with Crippen LogP contribution < -0.4 is 20.7 Å². The number of aryl methyl sites for hydroxylation is 1. The standard InChI is InChI=1S/C26H29N3O4/c1-32-16-17-33-24-9-5-8-23(18-24)27-19-26(31)29-22-13-11-21(12-14-22)28-25(30)15-10-20-6-3-2-4-7-20/h2-9,11-14,18,27H,10,15-17,19H2,1H3,(H,28,30)(H,29,31). The van der Waals surface area contributed by atoms with E-state index in [1.54, 1.807) is 31.4 Å². The van der Waals surface area contributed by atoms with Crippen LogP contribution >= 0.6 is 0 Å². The molecule has 0 aliphatic rings. The lowest BCUT2D eigenvalue weighted by Gasteiger charge is -2.11. The number of rotatable bonds is 12. The summed E-state index contributed by atoms with van der Waals surface area (Å²) in [5, 5.41) is 8.79. The van der Waals surface area contributed by atoms with E-state index in [-0.39, 0.29) is 18.4 Å². The van der Waals surface area contributed by atoms with Crippen LogP contribution in [0, 0.1) is 0 Å². The normalized spacial score (nSPS) is 10.3. The summed E-state index contributed by atoms with van der Waals surface area (Å²) in [5.41, 5.74) is 3.26. The minimum Gasteiger partial charge on any atom is -0.491 e. The SMILES string of the molecule is COCCOc1cccc(NCC(=O)Nc2ccc(NC(=O)CCc3ccccc3)cc2)c1. The van der Waals surface area contributed by atoms with Gasteiger partial charge in [-0.15, -0.1) is 0 Å². The molecule has 0 spiro atoms. The van der Waals surface area contributed by atoms with E-state index < -0.39 is 0 Å². The van der Waals surface area contributed by atoms with Crippen molar-refractivity contribution < 1.29 is 19.1 Å². The van der Waals surface area contributed by atoms with Gasteiger partial charge in [0.05, 0.1) is 13.2 Å². The third-order valence-electron chi connectivity index (χ3n) is 4.78. The minimum atomic E-state index is -0.180. The number of methoxy groups -OCH3 is 1. The second-order valence-corrected chi connectivity index (χ2v) is 7.38. The summed E-state index contributed by atoms with van der Waals surface area (Å²) in [6, 6.07) is 24.4. The Bertz CT molecular complexity index is 1020. The van der Waals surface area contributed by atoms with Crippen LogP contribution in [0.2, 0.25) is 0 Å². The average molecular weight is 448 g/mol. The maximum Gasteiger partial charge on any atom is 0.243 e. The van der Waals surface area contributed by atoms with Gasteiger partial charge in [0.15, 0.2) is 0 Å². The molecule has 0 bridgehead atoms. The van der Waals surface area contributed by atoms with E-state index in [4.69, 9.17) is 9.47 Å². The predicted octanol–water partition coefficient (Wildman–Crippen LogP) is 4.33. The molecule has 7 heteroatoms. The lowest BCUT2D eigenvalue weighted by atomic mass is 10.1. The highest BCUT2D eigenvalue weighted by Gasteiger charge is 2.06. The van der Waals surface area contributed by atoms with E-state index >= 15 is 0 Å². The zero-order chi connectivity index (χ0) is 23.3. The molecule has 0 unspecified atom stereocenters. The van der Waals surface area contributed by atoms with E-state index in [9.17, 15) is 9.59 Å². The van der Waals surface area contributed by atoms with Crippen LogP contribution in [0.25, 0.3) is 0 Å². The molecule has 3 rings (SSSR count). The molecule has 33 heavy (non-hydrogen) atoms. The second-order valence-electron chi connectivity index (χ2n) is 7.38. The zero-order valence-corrected chi connectivity index (χ0v) is 18.7. The van der Waals surface area contributed by atoms with Gasteiger partial charge in [0.25, 0.3) is 0 Å². The summed E-state index contributed by atoms with van der Waals surface area (Å²) < 4.78 is 10.5. The monoisotopic (exact) mass is 447 g/mol. The topological polar surface area (TPSA) is 88.7 Å². The first-order chi connectivity index (χ1) is 16.1. The smallest absolute Gasteiger partial charge is 0.243 e. The van der Waals surface area contributed by atoms with Crippen LogP contribution in [0.4, 0.5) is 17.1 Å². The molecular weight excluding hydrogens is 418 g/mol. The molecule has 3 aromatic carbocycles. The average Bonchev–Trinajstić information content (AvgIpc) is 2.84. The Hall–Kier alpha value is -3.84. The lowest BCUT2D eigenvalue weighted by Crippen LogP contribution is -2.21. The molecule has 2 amide bonds. The fourth-order valence-corrected chi connectivity index (χ4v) is 3.09. The number of carbonyl (C=O) groups is 2. The van der Waals surface area contributed by atoms with Gasteiger partial charge in [-0.1, -0.05) is 36.4 Å². The number of anilines is 3. The van der Waals surface area contributed by atoms with Crippen LogP contribution in [-0.4, -0.2) is 38.7 Å². The van der Waals surface area contributed by atoms with Crippen LogP contribution in [-0.2, 0) is 20.7 Å². The fourth-order valence-electron chi connectivity index (χ4n) is 3.09. The second kappa shape index (κ2) is 12.9. The van der Waals surface area contributed by atoms with E-state index in [0.717, 1.165) is 11.3 Å². The van der Waals surface area contributed by atoms with E-state index in [2.05, 4.69) is 16.0 Å². The Morgan fingerprint density at radius 1 is 0.758 bits per heavy atom. The number of nitrogens with one attached hydrogen (secondary N) is 3. The number of benzene rings is 3. The first-order valence-corrected chi connectivity index (χ1v) is 10.8. The van der Waals surface area contributed by atoms with Crippen LogP contribution in [0.5, 0.6) is 5.75 Å². The van der Waals surface area contributed by atoms with Gasteiger partial charge in [0, 0.05) is 36.7 Å². The molecule has 0 fully saturated rings. The minimum absolute atomic E-state index is 0.0479. The van der Waals surface area contributed by atoms with Gasteiger partial charge >= 0.3 is 0 Å². The Morgan fingerprint density at radius 3 is 2.15 bits per heavy atom. The number of amides is 2. The lowest BCUT2D eigenvalue weighted by molar-refractivity contribution is -0.116. The van der Waals surface area contributed by atoms with Crippen molar-refractivity contribution in [2.24, 2.45) is 0 Å². The van der Waals surface area contributed by atoms with Crippen molar-refractivity contribution in [3.8, 4) is 5.75 Å². The van der Waals surface area contributed by atoms with Crippen LogP contribution in [0.15, 0.2) is 78.9 Å². The Labute approximate surface area is 194 Å². The molecule has 172 valence electrons. The molecule has 0 aliphatic carbocycles. The summed E-state index contributed by atoms with van der Waals surface area (Å²) in [4.78, 5) is 24.4. The van der Waals surface area contributed by atoms with Gasteiger partial charge in [0.1, 0.15) is 12.4 Å². The van der Waals surface area contributed by atoms with E-state index in [1.807, 2.05) is 54.6 Å². The van der Waals surface area contributed by atoms with Gasteiger partial charge in [-0.05, 0) is 48.4 Å². The highest BCUT2D eigenvalue weighted by Crippen LogP contribution is 2.18. The summed E-state index contributed by atoms with van der Waals surface area (Å²) in [6.45, 7) is 1.08. The van der Waals surface area contributed by atoms with Crippen molar-refractivity contribution in [3.63, 3.8) is 0 Å². The number of ether oxygens (including phenoxy) is 2. The van der Waals surface area contributed by atoms with Crippen molar-refractivity contribution >= 4 is 28.9 Å². The molecule has 0 aliphatic heterocycles. The molecule has 0 saturated heterocycles. The van der Waals surface area contributed by atoms with E-state index in [0.29, 0.717) is 43.2 Å². The first kappa shape index (κ1) is 23.8. The third-order valence-corrected chi connectivity index (χ3v) is 4.78. The predicted molar refractivity (Wildman–Crippen MR) is 131 cm³/mol. The molecule has 0 heterocycles. The summed E-state index contributed by atoms with van der Waals surface area (Å²) >= 11 is 0. The summed E-state index contributed by atoms with van der Waals surface area (Å²) in [6.07, 6.45) is 1.10. The third kappa shape index (κ3) is 8.66. The molecular formula is C26H29N3O4. The number of carbonyl (C=O) groups excluding carboxylic acids is 2. The summed E-state index contributed by atoms with van der Waals surface area (Å²) in [5.74, 6) is 0.479. The van der Waals surface area contributed by atoms with Crippen LogP contribution in [0.3, 0.4) is 0 Å². The van der Waals surface area contributed by atoms with Crippen molar-refractivity contribution in [1.29, 1.82) is 0 Å². The van der Waals surface area contributed by atoms with Gasteiger partial charge in [-0.3, -0.25) is 9.59 Å². The molecule has 3 N–H and O–H groups in total. The fraction of sp³-hybridized carbons (Fsp3) is 0.231. The van der Waals surface area contributed by atoms with E-state index in [1.165, 1.54) is 0 Å². The molecule has 0 saturated carbocycles. The first-order valence-electron chi connectivity index (χ1n) is 10.8. The molecule has 0 radical (unpaired) electrons. The largest absolute Gasteiger partial charge is 0.491 e. The maximum atomic E-state index is 12.3. The van der Waals surface area contributed by atoms with Crippen molar-refractivity contribution in [1.82, 2.24) is 0 Å². The Kier molecular flexibility index (Phi) is 9.29. The Morgan fingerprint density at radius 2 is 1.45 bits per heavy atom. The summed E-state index contributed by atoms with van der Waals surface area (Å²) in [7, 11) is 1.62. The van der Waals surface area contributed by atoms with Gasteiger partial charge in [0.2, 0.25) is 11.8 Å². The molecule has 7 nitrogen and oxygen atoms in total. The van der Waals surface area contributed by atoms with Crippen molar-refractivity contribution in [3.05, 3.63) is 84.4 Å². The highest BCUT2D eigenvalue weighted by atomic mass is 16.5. The van der Waals surface area contributed by atoms with Crippen molar-refractivity contribution in [2.75, 3.05) is 42.8 Å². The van der Waals surface area contributed by atoms with Gasteiger partial charge in [-0.2, -0.15) is 0 Å². The van der Waals surface area contributed by atoms with Crippen LogP contribution in [0.1, 0.15) is 12.0 Å². The number of hydrogen-bond acceptors (Lipinski definition) is 5. The maximum absolute atomic E-state index is 12.3. The Balaban J connectivity index is 1.40. The highest BCUT2D eigenvalue weighted by molar-refractivity contribution is 5.94. The van der Waals surface area contributed by atoms with Gasteiger partial charge in [-0.25, -0.2) is 0 Å². The molecule has 0 aromatic heterocycles. The van der Waals surface area contributed by atoms with Gasteiger partial charge < -0.3 is 25.4 Å². The molecule has 3 aromatic rings. The quantitative estimate of drug-likeness (QED) is 0.360.